The van der Waals surface area contributed by atoms with E-state index in [-0.39, 0.29) is 6.04 Å². The number of carboxylic acid groups (broad SMARTS) is 1. The molecule has 0 spiro atoms. The molecule has 1 N–H and O–H groups in total. The highest BCUT2D eigenvalue weighted by Crippen LogP contribution is 2.39. The van der Waals surface area contributed by atoms with E-state index in [1.807, 2.05) is 6.07 Å². The van der Waals surface area contributed by atoms with Crippen LogP contribution in [0.5, 0.6) is 0 Å². The van der Waals surface area contributed by atoms with Crippen LogP contribution in [-0.4, -0.2) is 28.6 Å². The second-order valence-electron chi connectivity index (χ2n) is 5.69. The largest absolute Gasteiger partial charge is 0.480 e. The fourth-order valence-electron chi connectivity index (χ4n) is 3.11. The van der Waals surface area contributed by atoms with Crippen LogP contribution >= 0.6 is 27.3 Å². The average Bonchev–Trinajstić information content (AvgIpc) is 3.11. The third-order valence-electron chi connectivity index (χ3n) is 4.17. The zero-order chi connectivity index (χ0) is 15.7. The van der Waals surface area contributed by atoms with Gasteiger partial charge in [-0.3, -0.25) is 9.69 Å². The zero-order valence-electron chi connectivity index (χ0n) is 12.3. The Balaban J connectivity index is 2.03. The van der Waals surface area contributed by atoms with Gasteiger partial charge in [-0.1, -0.05) is 29.8 Å². The summed E-state index contributed by atoms with van der Waals surface area (Å²) in [5.41, 5.74) is 2.37. The lowest BCUT2D eigenvalue weighted by Crippen LogP contribution is -2.39. The fourth-order valence-corrected chi connectivity index (χ4v) is 4.68. The van der Waals surface area contributed by atoms with Crippen molar-refractivity contribution in [2.75, 3.05) is 6.54 Å². The minimum Gasteiger partial charge on any atom is -0.480 e. The summed E-state index contributed by atoms with van der Waals surface area (Å²) in [5.74, 6) is -0.717. The predicted octanol–water partition coefficient (Wildman–Crippen LogP) is 4.46. The topological polar surface area (TPSA) is 40.5 Å². The van der Waals surface area contributed by atoms with Crippen molar-refractivity contribution in [3.63, 3.8) is 0 Å². The maximum atomic E-state index is 11.6. The van der Waals surface area contributed by atoms with Gasteiger partial charge in [0.15, 0.2) is 0 Å². The van der Waals surface area contributed by atoms with Crippen LogP contribution in [0.25, 0.3) is 0 Å². The Bertz CT molecular complexity index is 668. The van der Waals surface area contributed by atoms with Gasteiger partial charge in [-0.15, -0.1) is 11.3 Å². The highest BCUT2D eigenvalue weighted by atomic mass is 79.9. The Hall–Kier alpha value is -1.17. The SMILES string of the molecule is Cc1ccc(C(c2ccc(Br)s2)N2CCCC2C(=O)O)cc1. The van der Waals surface area contributed by atoms with Gasteiger partial charge in [0.25, 0.3) is 0 Å². The third-order valence-corrected chi connectivity index (χ3v) is 5.84. The number of likely N-dealkylation sites (tertiary alicyclic amines) is 1. The molecular weight excluding hydrogens is 362 g/mol. The summed E-state index contributed by atoms with van der Waals surface area (Å²) in [6.07, 6.45) is 1.66. The Morgan fingerprint density at radius 3 is 2.64 bits per heavy atom. The summed E-state index contributed by atoms with van der Waals surface area (Å²) in [5, 5.41) is 9.53. The van der Waals surface area contributed by atoms with E-state index in [4.69, 9.17) is 0 Å². The van der Waals surface area contributed by atoms with Crippen molar-refractivity contribution in [2.45, 2.75) is 31.8 Å². The lowest BCUT2D eigenvalue weighted by Gasteiger charge is -2.31. The molecule has 1 aliphatic heterocycles. The molecule has 1 saturated heterocycles. The van der Waals surface area contributed by atoms with Gasteiger partial charge in [0.2, 0.25) is 0 Å². The lowest BCUT2D eigenvalue weighted by atomic mass is 10.0. The minimum atomic E-state index is -0.717. The van der Waals surface area contributed by atoms with Gasteiger partial charge in [0.05, 0.1) is 9.83 Å². The maximum absolute atomic E-state index is 11.6. The van der Waals surface area contributed by atoms with Gasteiger partial charge in [0.1, 0.15) is 6.04 Å². The van der Waals surface area contributed by atoms with Crippen LogP contribution in [0.2, 0.25) is 0 Å². The first-order valence-electron chi connectivity index (χ1n) is 7.36. The number of rotatable bonds is 4. The molecular formula is C17H18BrNO2S. The van der Waals surface area contributed by atoms with E-state index in [0.29, 0.717) is 0 Å². The molecule has 3 rings (SSSR count). The van der Waals surface area contributed by atoms with Crippen LogP contribution < -0.4 is 0 Å². The van der Waals surface area contributed by atoms with Crippen molar-refractivity contribution in [1.82, 2.24) is 4.90 Å². The molecule has 5 heteroatoms. The van der Waals surface area contributed by atoms with Gasteiger partial charge in [0, 0.05) is 11.4 Å². The molecule has 1 aromatic carbocycles. The summed E-state index contributed by atoms with van der Waals surface area (Å²) in [7, 11) is 0. The maximum Gasteiger partial charge on any atom is 0.320 e. The molecule has 0 aliphatic carbocycles. The lowest BCUT2D eigenvalue weighted by molar-refractivity contribution is -0.142. The first-order valence-corrected chi connectivity index (χ1v) is 8.97. The molecule has 0 amide bonds. The monoisotopic (exact) mass is 379 g/mol. The summed E-state index contributed by atoms with van der Waals surface area (Å²) in [6.45, 7) is 2.89. The number of hydrogen-bond donors (Lipinski definition) is 1. The van der Waals surface area contributed by atoms with Gasteiger partial charge in [-0.05, 0) is 53.4 Å². The van der Waals surface area contributed by atoms with E-state index < -0.39 is 12.0 Å². The van der Waals surface area contributed by atoms with E-state index in [2.05, 4.69) is 58.1 Å². The number of hydrogen-bond acceptors (Lipinski definition) is 3. The van der Waals surface area contributed by atoms with E-state index >= 15 is 0 Å². The Labute approximate surface area is 142 Å². The van der Waals surface area contributed by atoms with Gasteiger partial charge >= 0.3 is 5.97 Å². The number of thiophene rings is 1. The second-order valence-corrected chi connectivity index (χ2v) is 8.18. The van der Waals surface area contributed by atoms with Crippen molar-refractivity contribution in [2.24, 2.45) is 0 Å². The summed E-state index contributed by atoms with van der Waals surface area (Å²) in [6, 6.07) is 12.2. The molecule has 1 aromatic heterocycles. The summed E-state index contributed by atoms with van der Waals surface area (Å²) >= 11 is 5.20. The Morgan fingerprint density at radius 2 is 2.05 bits per heavy atom. The van der Waals surface area contributed by atoms with Gasteiger partial charge in [-0.25, -0.2) is 0 Å². The molecule has 0 bridgehead atoms. The average molecular weight is 380 g/mol. The zero-order valence-corrected chi connectivity index (χ0v) is 14.7. The first kappa shape index (κ1) is 15.7. The number of carboxylic acids is 1. The Morgan fingerprint density at radius 1 is 1.32 bits per heavy atom. The number of benzene rings is 1. The van der Waals surface area contributed by atoms with Gasteiger partial charge < -0.3 is 5.11 Å². The molecule has 2 aromatic rings. The van der Waals surface area contributed by atoms with Gasteiger partial charge in [-0.2, -0.15) is 0 Å². The van der Waals surface area contributed by atoms with E-state index in [1.165, 1.54) is 10.4 Å². The number of nitrogens with zero attached hydrogens (tertiary/aromatic N) is 1. The minimum absolute atomic E-state index is 0.0144. The highest BCUT2D eigenvalue weighted by Gasteiger charge is 2.37. The smallest absolute Gasteiger partial charge is 0.320 e. The second kappa shape index (κ2) is 6.52. The van der Waals surface area contributed by atoms with Crippen LogP contribution in [0.3, 0.4) is 0 Å². The molecule has 3 nitrogen and oxygen atoms in total. The predicted molar refractivity (Wildman–Crippen MR) is 92.4 cm³/mol. The van der Waals surface area contributed by atoms with Crippen LogP contribution in [0.15, 0.2) is 40.2 Å². The van der Waals surface area contributed by atoms with E-state index in [9.17, 15) is 9.90 Å². The van der Waals surface area contributed by atoms with Crippen molar-refractivity contribution in [3.05, 3.63) is 56.2 Å². The van der Waals surface area contributed by atoms with Crippen molar-refractivity contribution in [1.29, 1.82) is 0 Å². The van der Waals surface area contributed by atoms with Crippen LogP contribution in [0.1, 0.15) is 34.9 Å². The molecule has 116 valence electrons. The standard InChI is InChI=1S/C17H18BrNO2S/c1-11-4-6-12(7-5-11)16(14-8-9-15(18)22-14)19-10-2-3-13(19)17(20)21/h4-9,13,16H,2-3,10H2,1H3,(H,20,21). The fraction of sp³-hybridized carbons (Fsp3) is 0.353. The van der Waals surface area contributed by atoms with Crippen LogP contribution in [0, 0.1) is 6.92 Å². The molecule has 0 saturated carbocycles. The van der Waals surface area contributed by atoms with Crippen molar-refractivity contribution >= 4 is 33.2 Å². The van der Waals surface area contributed by atoms with E-state index in [1.54, 1.807) is 11.3 Å². The molecule has 2 unspecified atom stereocenters. The molecule has 2 atom stereocenters. The number of aliphatic carboxylic acids is 1. The number of aryl methyl sites for hydroxylation is 1. The number of carbonyl (C=O) groups is 1. The molecule has 22 heavy (non-hydrogen) atoms. The van der Waals surface area contributed by atoms with Crippen LogP contribution in [-0.2, 0) is 4.79 Å². The molecule has 1 fully saturated rings. The molecule has 1 aliphatic rings. The first-order chi connectivity index (χ1) is 10.6. The Kier molecular flexibility index (Phi) is 4.66. The van der Waals surface area contributed by atoms with Crippen molar-refractivity contribution in [3.8, 4) is 0 Å². The van der Waals surface area contributed by atoms with Crippen LogP contribution in [0.4, 0.5) is 0 Å². The highest BCUT2D eigenvalue weighted by molar-refractivity contribution is 9.11. The summed E-state index contributed by atoms with van der Waals surface area (Å²) in [4.78, 5) is 14.9. The normalized spacial score (nSPS) is 20.2. The molecule has 0 radical (unpaired) electrons. The molecule has 2 heterocycles. The third kappa shape index (κ3) is 3.12. The van der Waals surface area contributed by atoms with Crippen molar-refractivity contribution < 1.29 is 9.90 Å². The summed E-state index contributed by atoms with van der Waals surface area (Å²) < 4.78 is 1.07. The van der Waals surface area contributed by atoms with E-state index in [0.717, 1.165) is 28.7 Å². The number of halogens is 1. The quantitative estimate of drug-likeness (QED) is 0.852.